The van der Waals surface area contributed by atoms with E-state index in [9.17, 15) is 38.7 Å². The molecule has 5 amide bonds. The molecular formula is C51H76N6O13. The molecule has 0 bridgehead atoms. The molecule has 9 N–H and O–H groups in total. The van der Waals surface area contributed by atoms with E-state index in [0.717, 1.165) is 12.0 Å². The molecule has 4 rings (SSSR count). The van der Waals surface area contributed by atoms with E-state index in [1.165, 1.54) is 19.1 Å². The largest absolute Gasteiger partial charge is 0.459 e. The van der Waals surface area contributed by atoms with E-state index in [1.807, 2.05) is 33.8 Å². The predicted molar refractivity (Wildman–Crippen MR) is 261 cm³/mol. The predicted octanol–water partition coefficient (Wildman–Crippen LogP) is 4.58. The highest BCUT2D eigenvalue weighted by Gasteiger charge is 2.58. The molecule has 11 atom stereocenters. The average molecular weight is 981 g/mol. The lowest BCUT2D eigenvalue weighted by Gasteiger charge is -2.39. The highest BCUT2D eigenvalue weighted by Crippen LogP contribution is 2.43. The molecule has 1 spiro atoms. The lowest BCUT2D eigenvalue weighted by Crippen LogP contribution is -2.50. The number of allylic oxidation sites excluding steroid dienone is 2. The first kappa shape index (κ1) is 57.1. The Morgan fingerprint density at radius 1 is 0.971 bits per heavy atom. The molecule has 19 heteroatoms. The number of hydrogen-bond acceptors (Lipinski definition) is 14. The number of aliphatic hydroxyl groups excluding tert-OH is 1. The molecular weight excluding hydrogens is 905 g/mol. The Balaban J connectivity index is 1.15. The fourth-order valence-corrected chi connectivity index (χ4v) is 8.48. The number of carbonyl (C=O) groups is 7. The van der Waals surface area contributed by atoms with Gasteiger partial charge in [0.15, 0.2) is 5.78 Å². The number of Topliss-reactive ketones (excluding diaryl/α,β-unsaturated/α-hetero) is 2. The molecule has 0 unspecified atom stereocenters. The number of ether oxygens (including phenoxy) is 5. The van der Waals surface area contributed by atoms with Crippen molar-refractivity contribution in [1.82, 2.24) is 16.0 Å². The summed E-state index contributed by atoms with van der Waals surface area (Å²) in [4.78, 5) is 86.1. The van der Waals surface area contributed by atoms with Gasteiger partial charge in [-0.3, -0.25) is 24.0 Å². The number of esters is 1. The maximum atomic E-state index is 13.2. The van der Waals surface area contributed by atoms with Crippen LogP contribution in [0.1, 0.15) is 112 Å². The quantitative estimate of drug-likeness (QED) is 0.0220. The lowest BCUT2D eigenvalue weighted by molar-refractivity contribution is -0.144. The fraction of sp³-hybridized carbons (Fsp3) is 0.627. The van der Waals surface area contributed by atoms with Gasteiger partial charge in [-0.05, 0) is 88.5 Å². The summed E-state index contributed by atoms with van der Waals surface area (Å²) in [6, 6.07) is 5.18. The minimum Gasteiger partial charge on any atom is -0.459 e. The van der Waals surface area contributed by atoms with Crippen LogP contribution >= 0.6 is 0 Å². The average Bonchev–Trinajstić information content (AvgIpc) is 4.08. The molecule has 3 fully saturated rings. The Morgan fingerprint density at radius 2 is 1.67 bits per heavy atom. The van der Waals surface area contributed by atoms with Crippen molar-refractivity contribution >= 4 is 47.2 Å². The van der Waals surface area contributed by atoms with Crippen LogP contribution in [0.3, 0.4) is 0 Å². The van der Waals surface area contributed by atoms with E-state index in [2.05, 4.69) is 34.3 Å². The van der Waals surface area contributed by atoms with E-state index < -0.39 is 60.1 Å². The minimum absolute atomic E-state index is 0.0346. The normalized spacial score (nSPS) is 25.7. The third kappa shape index (κ3) is 19.4. The third-order valence-corrected chi connectivity index (χ3v) is 12.8. The molecule has 0 saturated carbocycles. The van der Waals surface area contributed by atoms with Crippen molar-refractivity contribution in [3.8, 4) is 0 Å². The van der Waals surface area contributed by atoms with Crippen LogP contribution < -0.4 is 32.7 Å². The standard InChI is InChI=1S/C51H76N6O13/c1-30(2)46(52)42(60)25-37(10-8-22-54-49(53)64)48(63)56-38-17-15-36(16-18-38)28-66-50(65)55-23-9-11-39(59)26-40-27-51(29-67-51)47(62)44(70-40)20-13-31(3)12-19-43-32(4)24-41(34(6)69-43)57-45(61)21-14-33(5)68-35(7)58/h12-18,20-21,30,32-34,37,40-41,43-44,46-47,62H,8-11,19,22-29,52H2,1-7H3,(H,55,65)(H,56,63)(H,57,61)(H3,53,54,64)/b20-13+,21-14-,31-12+/t32-,33-,34+,37+,40+,41+,43-,44+,46-,47+,51+/m0/s1. The first-order chi connectivity index (χ1) is 33.1. The number of primary amides is 1. The monoisotopic (exact) mass is 981 g/mol. The number of hydrogen-bond donors (Lipinski definition) is 7. The molecule has 3 aliphatic heterocycles. The van der Waals surface area contributed by atoms with Gasteiger partial charge in [0, 0.05) is 63.4 Å². The molecule has 3 heterocycles. The smallest absolute Gasteiger partial charge is 0.407 e. The summed E-state index contributed by atoms with van der Waals surface area (Å²) >= 11 is 0. The number of anilines is 1. The Bertz CT molecular complexity index is 2040. The summed E-state index contributed by atoms with van der Waals surface area (Å²) in [7, 11) is 0. The maximum Gasteiger partial charge on any atom is 0.407 e. The zero-order chi connectivity index (χ0) is 51.5. The van der Waals surface area contributed by atoms with Gasteiger partial charge in [0.05, 0.1) is 37.0 Å². The van der Waals surface area contributed by atoms with Crippen molar-refractivity contribution in [3.63, 3.8) is 0 Å². The number of epoxide rings is 1. The van der Waals surface area contributed by atoms with Crippen molar-refractivity contribution < 1.29 is 62.4 Å². The summed E-state index contributed by atoms with van der Waals surface area (Å²) in [5.41, 5.74) is 12.5. The van der Waals surface area contributed by atoms with Gasteiger partial charge in [-0.15, -0.1) is 0 Å². The van der Waals surface area contributed by atoms with Crippen LogP contribution in [0.2, 0.25) is 0 Å². The Morgan fingerprint density at radius 3 is 2.33 bits per heavy atom. The molecule has 0 aliphatic carbocycles. The third-order valence-electron chi connectivity index (χ3n) is 12.8. The van der Waals surface area contributed by atoms with Crippen molar-refractivity contribution in [1.29, 1.82) is 0 Å². The molecule has 3 aliphatic rings. The second-order valence-electron chi connectivity index (χ2n) is 19.3. The van der Waals surface area contributed by atoms with Crippen LogP contribution in [0.4, 0.5) is 15.3 Å². The van der Waals surface area contributed by atoms with Crippen molar-refractivity contribution in [2.24, 2.45) is 29.2 Å². The molecule has 3 saturated heterocycles. The molecule has 0 radical (unpaired) electrons. The second kappa shape index (κ2) is 27.8. The maximum absolute atomic E-state index is 13.2. The Kier molecular flexibility index (Phi) is 22.7. The number of carbonyl (C=O) groups excluding carboxylic acids is 7. The van der Waals surface area contributed by atoms with Crippen molar-refractivity contribution in [2.45, 2.75) is 167 Å². The summed E-state index contributed by atoms with van der Waals surface area (Å²) in [5.74, 6) is -1.91. The molecule has 1 aromatic carbocycles. The number of benzene rings is 1. The second-order valence-corrected chi connectivity index (χ2v) is 19.3. The number of ketones is 2. The van der Waals surface area contributed by atoms with Crippen LogP contribution in [0, 0.1) is 17.8 Å². The topological polar surface area (TPSA) is 289 Å². The van der Waals surface area contributed by atoms with Gasteiger partial charge in [0.1, 0.15) is 36.3 Å². The number of urea groups is 1. The number of nitrogens with one attached hydrogen (secondary N) is 4. The summed E-state index contributed by atoms with van der Waals surface area (Å²) in [5, 5.41) is 22.1. The summed E-state index contributed by atoms with van der Waals surface area (Å²) < 4.78 is 28.6. The SMILES string of the molecule is CC(=O)O[C@@H](C)/C=C\C(=O)N[C@@H]1C[C@H](C)[C@H](C/C=C(C)/C=C/[C@H]2O[C@H](CC(=O)CCCNC(=O)OCc3ccc(NC(=O)[C@H](CCCNC(N)=O)CC(=O)[C@@H](N)C(C)C)cc3)C[C@@]3(CO3)[C@@H]2O)O[C@@H]1C. The van der Waals surface area contributed by atoms with Gasteiger partial charge in [0.2, 0.25) is 11.8 Å². The van der Waals surface area contributed by atoms with Crippen molar-refractivity contribution in [3.05, 3.63) is 65.8 Å². The number of aliphatic hydroxyl groups is 1. The van der Waals surface area contributed by atoms with E-state index in [0.29, 0.717) is 50.0 Å². The number of alkyl carbamates (subject to hydrolysis) is 1. The number of nitrogens with two attached hydrogens (primary N) is 2. The van der Waals surface area contributed by atoms with E-state index >= 15 is 0 Å². The van der Waals surface area contributed by atoms with Gasteiger partial charge in [-0.25, -0.2) is 9.59 Å². The van der Waals surface area contributed by atoms with Crippen molar-refractivity contribution in [2.75, 3.05) is 25.0 Å². The summed E-state index contributed by atoms with van der Waals surface area (Å²) in [6.45, 7) is 13.5. The molecule has 70 heavy (non-hydrogen) atoms. The van der Waals surface area contributed by atoms with Gasteiger partial charge in [0.25, 0.3) is 0 Å². The van der Waals surface area contributed by atoms with Crippen LogP contribution in [0.5, 0.6) is 0 Å². The zero-order valence-electron chi connectivity index (χ0n) is 41.7. The lowest BCUT2D eigenvalue weighted by atomic mass is 9.86. The van der Waals surface area contributed by atoms with Gasteiger partial charge in [-0.1, -0.05) is 56.7 Å². The zero-order valence-corrected chi connectivity index (χ0v) is 41.7. The van der Waals surface area contributed by atoms with E-state index in [4.69, 9.17) is 35.2 Å². The Labute approximate surface area is 411 Å². The van der Waals surface area contributed by atoms with Crippen LogP contribution in [0.15, 0.2) is 60.2 Å². The van der Waals surface area contributed by atoms with Gasteiger partial charge in [-0.2, -0.15) is 0 Å². The number of rotatable bonds is 26. The van der Waals surface area contributed by atoms with Gasteiger partial charge >= 0.3 is 18.1 Å². The fourth-order valence-electron chi connectivity index (χ4n) is 8.48. The van der Waals surface area contributed by atoms with Crippen LogP contribution in [-0.4, -0.2) is 121 Å². The summed E-state index contributed by atoms with van der Waals surface area (Å²) in [6.07, 6.45) is 8.44. The van der Waals surface area contributed by atoms with Gasteiger partial charge < -0.3 is 61.5 Å². The van der Waals surface area contributed by atoms with Crippen LogP contribution in [-0.2, 0) is 54.3 Å². The number of amides is 5. The highest BCUT2D eigenvalue weighted by atomic mass is 16.6. The first-order valence-electron chi connectivity index (χ1n) is 24.4. The highest BCUT2D eigenvalue weighted by molar-refractivity contribution is 5.96. The van der Waals surface area contributed by atoms with Crippen LogP contribution in [0.25, 0.3) is 0 Å². The molecule has 388 valence electrons. The minimum atomic E-state index is -0.891. The first-order valence-corrected chi connectivity index (χ1v) is 24.4. The molecule has 0 aromatic heterocycles. The van der Waals surface area contributed by atoms with E-state index in [-0.39, 0.29) is 92.4 Å². The Hall–Kier alpha value is -5.47. The molecule has 1 aromatic rings. The van der Waals surface area contributed by atoms with E-state index in [1.54, 1.807) is 37.3 Å². The molecule has 19 nitrogen and oxygen atoms in total.